The summed E-state index contributed by atoms with van der Waals surface area (Å²) in [6, 6.07) is 37.7. The lowest BCUT2D eigenvalue weighted by Gasteiger charge is -2.04. The fourth-order valence-corrected chi connectivity index (χ4v) is 4.25. The quantitative estimate of drug-likeness (QED) is 0.264. The van der Waals surface area contributed by atoms with Gasteiger partial charge in [0, 0.05) is 16.3 Å². The van der Waals surface area contributed by atoms with Gasteiger partial charge in [-0.1, -0.05) is 96.6 Å². The lowest BCUT2D eigenvalue weighted by Crippen LogP contribution is -1.97. The molecule has 0 saturated heterocycles. The van der Waals surface area contributed by atoms with Crippen LogP contribution in [0.4, 0.5) is 0 Å². The average molecular weight is 438 g/mol. The van der Waals surface area contributed by atoms with E-state index in [1.807, 2.05) is 41.1 Å². The molecule has 162 valence electrons. The summed E-state index contributed by atoms with van der Waals surface area (Å²) < 4.78 is 1.95. The Hall–Kier alpha value is -4.50. The maximum absolute atomic E-state index is 5.05. The fourth-order valence-electron chi connectivity index (χ4n) is 4.25. The molecule has 0 atom stereocenters. The number of aromatic nitrogens is 3. The van der Waals surface area contributed by atoms with Gasteiger partial charge in [0.1, 0.15) is 5.69 Å². The summed E-state index contributed by atoms with van der Waals surface area (Å²) in [5, 5.41) is 7.14. The maximum atomic E-state index is 5.05. The molecule has 0 spiro atoms. The zero-order chi connectivity index (χ0) is 22.9. The lowest BCUT2D eigenvalue weighted by atomic mass is 10.1. The van der Waals surface area contributed by atoms with E-state index >= 15 is 0 Å². The van der Waals surface area contributed by atoms with Crippen molar-refractivity contribution in [3.8, 4) is 16.9 Å². The number of nitrogens with zero attached hydrogens (tertiary/aromatic N) is 3. The number of hydrogen-bond donors (Lipinski definition) is 0. The summed E-state index contributed by atoms with van der Waals surface area (Å²) in [5.74, 6) is 0. The molecule has 34 heavy (non-hydrogen) atoms. The second kappa shape index (κ2) is 8.45. The van der Waals surface area contributed by atoms with Gasteiger partial charge in [-0.15, -0.1) is 0 Å². The van der Waals surface area contributed by atoms with E-state index < -0.39 is 0 Å². The molecule has 2 heterocycles. The van der Waals surface area contributed by atoms with Gasteiger partial charge in [0.05, 0.1) is 11.2 Å². The summed E-state index contributed by atoms with van der Waals surface area (Å²) in [4.78, 5) is 5.05. The van der Waals surface area contributed by atoms with Gasteiger partial charge in [-0.3, -0.25) is 0 Å². The van der Waals surface area contributed by atoms with Crippen LogP contribution in [0.15, 0.2) is 109 Å². The highest BCUT2D eigenvalue weighted by atomic mass is 15.3. The Morgan fingerprint density at radius 3 is 2.12 bits per heavy atom. The number of fused-ring (bicyclic) bond motifs is 2. The molecule has 3 nitrogen and oxygen atoms in total. The first-order valence-corrected chi connectivity index (χ1v) is 11.4. The highest BCUT2D eigenvalue weighted by molar-refractivity contribution is 6.00. The summed E-state index contributed by atoms with van der Waals surface area (Å²) in [7, 11) is 0. The predicted octanol–water partition coefficient (Wildman–Crippen LogP) is 7.72. The van der Waals surface area contributed by atoms with Crippen molar-refractivity contribution in [2.75, 3.05) is 0 Å². The molecule has 6 aromatic rings. The van der Waals surface area contributed by atoms with E-state index in [0.717, 1.165) is 44.4 Å². The number of rotatable bonds is 4. The molecule has 0 saturated carbocycles. The SMILES string of the molecule is Cc1ccc(/C=C/c2ccc3nc4c(cc3c2)c(-c2ccccc2)nn4-c2ccccc2)cc1. The third-order valence-corrected chi connectivity index (χ3v) is 6.07. The van der Waals surface area contributed by atoms with E-state index in [9.17, 15) is 0 Å². The third-order valence-electron chi connectivity index (χ3n) is 6.07. The Labute approximate surface area is 198 Å². The molecule has 0 aliphatic carbocycles. The van der Waals surface area contributed by atoms with Crippen LogP contribution >= 0.6 is 0 Å². The number of aryl methyl sites for hydroxylation is 1. The maximum Gasteiger partial charge on any atom is 0.164 e. The normalized spacial score (nSPS) is 11.6. The Morgan fingerprint density at radius 1 is 0.676 bits per heavy atom. The Morgan fingerprint density at radius 2 is 1.35 bits per heavy atom. The Balaban J connectivity index is 1.51. The predicted molar refractivity (Wildman–Crippen MR) is 142 cm³/mol. The molecular weight excluding hydrogens is 414 g/mol. The highest BCUT2D eigenvalue weighted by Crippen LogP contribution is 2.31. The van der Waals surface area contributed by atoms with Gasteiger partial charge in [-0.2, -0.15) is 5.10 Å². The minimum atomic E-state index is 0.862. The molecule has 3 heteroatoms. The summed E-state index contributed by atoms with van der Waals surface area (Å²) in [5.41, 5.74) is 8.44. The molecule has 0 aliphatic rings. The van der Waals surface area contributed by atoms with Crippen molar-refractivity contribution in [1.29, 1.82) is 0 Å². The number of hydrogen-bond acceptors (Lipinski definition) is 2. The molecule has 4 aromatic carbocycles. The fraction of sp³-hybridized carbons (Fsp3) is 0.0323. The minimum Gasteiger partial charge on any atom is -0.228 e. The van der Waals surface area contributed by atoms with E-state index in [0.29, 0.717) is 0 Å². The lowest BCUT2D eigenvalue weighted by molar-refractivity contribution is 0.903. The highest BCUT2D eigenvalue weighted by Gasteiger charge is 2.16. The van der Waals surface area contributed by atoms with Gasteiger partial charge >= 0.3 is 0 Å². The first-order chi connectivity index (χ1) is 16.7. The van der Waals surface area contributed by atoms with Crippen LogP contribution in [0.25, 0.3) is 51.0 Å². The summed E-state index contributed by atoms with van der Waals surface area (Å²) >= 11 is 0. The number of pyridine rings is 1. The van der Waals surface area contributed by atoms with E-state index in [4.69, 9.17) is 10.1 Å². The van der Waals surface area contributed by atoms with Crippen molar-refractivity contribution in [3.05, 3.63) is 126 Å². The molecule has 0 bridgehead atoms. The molecule has 0 amide bonds. The average Bonchev–Trinajstić information content (AvgIpc) is 3.26. The largest absolute Gasteiger partial charge is 0.228 e. The standard InChI is InChI=1S/C31H23N3/c1-22-12-14-23(15-13-22)16-17-24-18-19-29-26(20-24)21-28-30(25-8-4-2-5-9-25)33-34(31(28)32-29)27-10-6-3-7-11-27/h2-21H,1H3/b17-16+. The van der Waals surface area contributed by atoms with E-state index in [1.54, 1.807) is 0 Å². The first-order valence-electron chi connectivity index (χ1n) is 11.4. The van der Waals surface area contributed by atoms with Crippen molar-refractivity contribution >= 4 is 34.1 Å². The van der Waals surface area contributed by atoms with Crippen molar-refractivity contribution in [2.45, 2.75) is 6.92 Å². The van der Waals surface area contributed by atoms with Crippen molar-refractivity contribution in [3.63, 3.8) is 0 Å². The van der Waals surface area contributed by atoms with Crippen molar-refractivity contribution in [1.82, 2.24) is 14.8 Å². The molecule has 0 radical (unpaired) electrons. The van der Waals surface area contributed by atoms with Gasteiger partial charge < -0.3 is 0 Å². The van der Waals surface area contributed by atoms with Crippen LogP contribution in [0.2, 0.25) is 0 Å². The van der Waals surface area contributed by atoms with Crippen LogP contribution in [0.3, 0.4) is 0 Å². The topological polar surface area (TPSA) is 30.7 Å². The van der Waals surface area contributed by atoms with Gasteiger partial charge in [-0.05, 0) is 48.4 Å². The van der Waals surface area contributed by atoms with Crippen molar-refractivity contribution < 1.29 is 0 Å². The Kier molecular flexibility index (Phi) is 5.00. The van der Waals surface area contributed by atoms with E-state index in [-0.39, 0.29) is 0 Å². The van der Waals surface area contributed by atoms with Crippen LogP contribution < -0.4 is 0 Å². The van der Waals surface area contributed by atoms with E-state index in [1.165, 1.54) is 11.1 Å². The second-order valence-electron chi connectivity index (χ2n) is 8.52. The molecule has 0 N–H and O–H groups in total. The van der Waals surface area contributed by atoms with Gasteiger partial charge in [0.15, 0.2) is 5.65 Å². The number of benzene rings is 4. The van der Waals surface area contributed by atoms with Crippen LogP contribution in [-0.4, -0.2) is 14.8 Å². The zero-order valence-electron chi connectivity index (χ0n) is 18.9. The summed E-state index contributed by atoms with van der Waals surface area (Å²) in [6.07, 6.45) is 4.30. The smallest absolute Gasteiger partial charge is 0.164 e. The number of para-hydroxylation sites is 1. The molecule has 0 aliphatic heterocycles. The first kappa shape index (κ1) is 20.1. The van der Waals surface area contributed by atoms with Crippen LogP contribution in [0.1, 0.15) is 16.7 Å². The van der Waals surface area contributed by atoms with Crippen molar-refractivity contribution in [2.24, 2.45) is 0 Å². The second-order valence-corrected chi connectivity index (χ2v) is 8.52. The third kappa shape index (κ3) is 3.78. The zero-order valence-corrected chi connectivity index (χ0v) is 18.9. The van der Waals surface area contributed by atoms with Crippen LogP contribution in [0.5, 0.6) is 0 Å². The molecule has 0 fully saturated rings. The van der Waals surface area contributed by atoms with Gasteiger partial charge in [-0.25, -0.2) is 9.67 Å². The van der Waals surface area contributed by atoms with Crippen LogP contribution in [0, 0.1) is 6.92 Å². The van der Waals surface area contributed by atoms with E-state index in [2.05, 4.69) is 91.9 Å². The van der Waals surface area contributed by atoms with Gasteiger partial charge in [0.25, 0.3) is 0 Å². The molecule has 6 rings (SSSR count). The van der Waals surface area contributed by atoms with Crippen LogP contribution in [-0.2, 0) is 0 Å². The molecular formula is C31H23N3. The molecule has 0 unspecified atom stereocenters. The monoisotopic (exact) mass is 437 g/mol. The molecule has 2 aromatic heterocycles. The minimum absolute atomic E-state index is 0.862. The summed E-state index contributed by atoms with van der Waals surface area (Å²) in [6.45, 7) is 2.11. The Bertz CT molecular complexity index is 1630. The van der Waals surface area contributed by atoms with Gasteiger partial charge in [0.2, 0.25) is 0 Å².